The first-order valence-corrected chi connectivity index (χ1v) is 16.3. The summed E-state index contributed by atoms with van der Waals surface area (Å²) in [7, 11) is -7.56. The number of halogens is 1. The van der Waals surface area contributed by atoms with Crippen molar-refractivity contribution in [2.24, 2.45) is 0 Å². The molecule has 0 saturated carbocycles. The molecule has 0 fully saturated rings. The zero-order chi connectivity index (χ0) is 28.9. The first-order valence-electron chi connectivity index (χ1n) is 13.0. The second-order valence-corrected chi connectivity index (χ2v) is 14.2. The van der Waals surface area contributed by atoms with Crippen LogP contribution in [0.5, 0.6) is 0 Å². The van der Waals surface area contributed by atoms with E-state index in [1.165, 1.54) is 32.9 Å². The first-order chi connectivity index (χ1) is 19.6. The fraction of sp³-hybridized carbons (Fsp3) is 0.167. The first kappa shape index (κ1) is 27.3. The average Bonchev–Trinajstić information content (AvgIpc) is 3.54. The summed E-state index contributed by atoms with van der Waals surface area (Å²) >= 11 is 5.94. The molecule has 11 heteroatoms. The van der Waals surface area contributed by atoms with Crippen LogP contribution in [0.3, 0.4) is 0 Å². The lowest BCUT2D eigenvalue weighted by molar-refractivity contribution is 0.102. The van der Waals surface area contributed by atoms with Gasteiger partial charge < -0.3 is 5.32 Å². The molecular weight excluding hydrogens is 582 g/mol. The highest BCUT2D eigenvalue weighted by atomic mass is 35.5. The number of amides is 1. The van der Waals surface area contributed by atoms with Crippen LogP contribution < -0.4 is 13.9 Å². The van der Waals surface area contributed by atoms with Crippen molar-refractivity contribution in [3.8, 4) is 0 Å². The quantitative estimate of drug-likeness (QED) is 0.312. The Balaban J connectivity index is 1.24. The zero-order valence-electron chi connectivity index (χ0n) is 22.0. The number of hydrogen-bond donors (Lipinski definition) is 1. The van der Waals surface area contributed by atoms with Crippen molar-refractivity contribution in [2.45, 2.75) is 35.6 Å². The molecule has 4 aromatic rings. The number of anilines is 3. The maximum absolute atomic E-state index is 13.4. The van der Waals surface area contributed by atoms with E-state index in [9.17, 15) is 21.6 Å². The van der Waals surface area contributed by atoms with Crippen LogP contribution in [0.15, 0.2) is 101 Å². The third-order valence-corrected chi connectivity index (χ3v) is 11.4. The molecule has 0 unspecified atom stereocenters. The monoisotopic (exact) mass is 607 g/mol. The summed E-state index contributed by atoms with van der Waals surface area (Å²) in [5.41, 5.74) is 3.53. The Morgan fingerprint density at radius 1 is 0.805 bits per heavy atom. The van der Waals surface area contributed by atoms with Gasteiger partial charge in [-0.1, -0.05) is 35.9 Å². The molecule has 0 saturated heterocycles. The zero-order valence-corrected chi connectivity index (χ0v) is 24.4. The van der Waals surface area contributed by atoms with Gasteiger partial charge in [0.15, 0.2) is 0 Å². The van der Waals surface area contributed by atoms with Gasteiger partial charge in [-0.15, -0.1) is 0 Å². The molecule has 8 nitrogen and oxygen atoms in total. The molecule has 4 aromatic carbocycles. The third-order valence-electron chi connectivity index (χ3n) is 7.39. The van der Waals surface area contributed by atoms with Gasteiger partial charge in [0.1, 0.15) is 0 Å². The van der Waals surface area contributed by atoms with Crippen LogP contribution >= 0.6 is 11.6 Å². The van der Waals surface area contributed by atoms with Crippen molar-refractivity contribution in [1.29, 1.82) is 0 Å². The van der Waals surface area contributed by atoms with Gasteiger partial charge in [-0.25, -0.2) is 16.8 Å². The molecule has 0 radical (unpaired) electrons. The number of carbonyl (C=O) groups is 1. The highest BCUT2D eigenvalue weighted by Gasteiger charge is 2.36. The molecule has 210 valence electrons. The van der Waals surface area contributed by atoms with Gasteiger partial charge in [-0.05, 0) is 97.6 Å². The molecule has 0 aliphatic carbocycles. The summed E-state index contributed by atoms with van der Waals surface area (Å²) < 4.78 is 56.1. The van der Waals surface area contributed by atoms with Crippen molar-refractivity contribution >= 4 is 54.6 Å². The summed E-state index contributed by atoms with van der Waals surface area (Å²) in [6.07, 6.45) is 1.03. The molecule has 0 bridgehead atoms. The van der Waals surface area contributed by atoms with E-state index in [1.807, 2.05) is 13.0 Å². The second-order valence-electron chi connectivity index (χ2n) is 10.1. The molecule has 0 aromatic heterocycles. The predicted octanol–water partition coefficient (Wildman–Crippen LogP) is 5.48. The Labute approximate surface area is 244 Å². The van der Waals surface area contributed by atoms with E-state index in [2.05, 4.69) is 5.32 Å². The third kappa shape index (κ3) is 4.86. The van der Waals surface area contributed by atoms with Crippen LogP contribution in [0.1, 0.15) is 28.4 Å². The predicted molar refractivity (Wildman–Crippen MR) is 160 cm³/mol. The molecule has 6 rings (SSSR count). The normalized spacial score (nSPS) is 16.4. The minimum absolute atomic E-state index is 0.139. The lowest BCUT2D eigenvalue weighted by atomic mass is 10.1. The van der Waals surface area contributed by atoms with Gasteiger partial charge in [0, 0.05) is 28.9 Å². The van der Waals surface area contributed by atoms with Crippen LogP contribution in [0.25, 0.3) is 0 Å². The summed E-state index contributed by atoms with van der Waals surface area (Å²) in [6, 6.07) is 24.2. The van der Waals surface area contributed by atoms with Crippen LogP contribution in [-0.2, 0) is 32.9 Å². The molecule has 2 heterocycles. The molecule has 1 N–H and O–H groups in total. The van der Waals surface area contributed by atoms with Crippen molar-refractivity contribution in [3.63, 3.8) is 0 Å². The summed E-state index contributed by atoms with van der Waals surface area (Å²) in [4.78, 5) is 13.6. The van der Waals surface area contributed by atoms with Gasteiger partial charge >= 0.3 is 0 Å². The smallest absolute Gasteiger partial charge is 0.264 e. The SMILES string of the molecule is C[C@@H]1Cc2cc(C(=O)Nc3ccc4c(c3)N(S(=O)(=O)c3ccc(Cl)cc3)CC4)ccc2N1S(=O)(=O)c1ccccc1. The summed E-state index contributed by atoms with van der Waals surface area (Å²) in [5, 5.41) is 3.31. The Morgan fingerprint density at radius 3 is 2.24 bits per heavy atom. The highest BCUT2D eigenvalue weighted by Crippen LogP contribution is 2.38. The van der Waals surface area contributed by atoms with Gasteiger partial charge in [0.25, 0.3) is 26.0 Å². The second kappa shape index (κ2) is 10.2. The molecule has 2 aliphatic rings. The molecule has 1 amide bonds. The Kier molecular flexibility index (Phi) is 6.80. The fourth-order valence-corrected chi connectivity index (χ4v) is 8.77. The molecule has 1 atom stereocenters. The van der Waals surface area contributed by atoms with Crippen molar-refractivity contribution < 1.29 is 21.6 Å². The maximum Gasteiger partial charge on any atom is 0.264 e. The van der Waals surface area contributed by atoms with Crippen molar-refractivity contribution in [2.75, 3.05) is 20.5 Å². The van der Waals surface area contributed by atoms with Crippen LogP contribution in [0.4, 0.5) is 17.1 Å². The minimum Gasteiger partial charge on any atom is -0.322 e. The fourth-order valence-electron chi connectivity index (χ4n) is 5.43. The minimum atomic E-state index is -3.81. The van der Waals surface area contributed by atoms with E-state index in [1.54, 1.807) is 60.7 Å². The Bertz CT molecular complexity index is 1880. The number of hydrogen-bond acceptors (Lipinski definition) is 5. The molecule has 2 aliphatic heterocycles. The lowest BCUT2D eigenvalue weighted by Gasteiger charge is -2.24. The van der Waals surface area contributed by atoms with E-state index in [0.29, 0.717) is 47.0 Å². The Morgan fingerprint density at radius 2 is 1.51 bits per heavy atom. The van der Waals surface area contributed by atoms with Gasteiger partial charge in [-0.3, -0.25) is 13.4 Å². The van der Waals surface area contributed by atoms with E-state index in [-0.39, 0.29) is 21.7 Å². The number of fused-ring (bicyclic) bond motifs is 2. The highest BCUT2D eigenvalue weighted by molar-refractivity contribution is 7.93. The number of nitrogens with zero attached hydrogens (tertiary/aromatic N) is 2. The van der Waals surface area contributed by atoms with Crippen molar-refractivity contribution in [3.05, 3.63) is 113 Å². The summed E-state index contributed by atoms with van der Waals surface area (Å²) in [5.74, 6) is -0.380. The van der Waals surface area contributed by atoms with Gasteiger partial charge in [-0.2, -0.15) is 0 Å². The van der Waals surface area contributed by atoms with Gasteiger partial charge in [0.05, 0.1) is 21.2 Å². The average molecular weight is 608 g/mol. The van der Waals surface area contributed by atoms with E-state index in [0.717, 1.165) is 11.1 Å². The number of benzene rings is 4. The number of nitrogens with one attached hydrogen (secondary N) is 1. The molecule has 41 heavy (non-hydrogen) atoms. The number of sulfonamides is 2. The largest absolute Gasteiger partial charge is 0.322 e. The van der Waals surface area contributed by atoms with Crippen LogP contribution in [-0.4, -0.2) is 35.3 Å². The lowest BCUT2D eigenvalue weighted by Crippen LogP contribution is -2.35. The molecular formula is C30H26ClN3O5S2. The standard InChI is InChI=1S/C30H26ClN3O5S2/c1-20-17-23-18-22(8-14-28(23)34(20)41(38,39)26-5-3-2-4-6-26)30(35)32-25-11-7-21-15-16-33(29(21)19-25)40(36,37)27-12-9-24(31)10-13-27/h2-14,18-20H,15-17H2,1H3,(H,32,35)/t20-/m1/s1. The van der Waals surface area contributed by atoms with Crippen LogP contribution in [0.2, 0.25) is 5.02 Å². The number of carbonyl (C=O) groups excluding carboxylic acids is 1. The maximum atomic E-state index is 13.4. The van der Waals surface area contributed by atoms with E-state index < -0.39 is 20.0 Å². The Hall–Kier alpha value is -3.86. The van der Waals surface area contributed by atoms with E-state index >= 15 is 0 Å². The van der Waals surface area contributed by atoms with Crippen molar-refractivity contribution in [1.82, 2.24) is 0 Å². The number of rotatable bonds is 6. The van der Waals surface area contributed by atoms with Gasteiger partial charge in [0.2, 0.25) is 0 Å². The van der Waals surface area contributed by atoms with E-state index in [4.69, 9.17) is 11.6 Å². The summed E-state index contributed by atoms with van der Waals surface area (Å²) in [6.45, 7) is 2.14. The molecule has 0 spiro atoms. The topological polar surface area (TPSA) is 104 Å². The van der Waals surface area contributed by atoms with Crippen LogP contribution in [0, 0.1) is 0 Å².